The molecular weight excluding hydrogens is 359 g/mol. The Morgan fingerprint density at radius 2 is 1.85 bits per heavy atom. The van der Waals surface area contributed by atoms with Crippen molar-refractivity contribution in [3.63, 3.8) is 0 Å². The molecule has 0 aromatic heterocycles. The molecule has 1 N–H and O–H groups in total. The topological polar surface area (TPSA) is 73.2 Å². The number of urea groups is 1. The first-order chi connectivity index (χ1) is 12.6. The minimum absolute atomic E-state index is 0.0453. The molecule has 1 aliphatic rings. The van der Waals surface area contributed by atoms with Crippen molar-refractivity contribution in [1.29, 1.82) is 5.26 Å². The summed E-state index contributed by atoms with van der Waals surface area (Å²) in [5.41, 5.74) is -1.52. The molecule has 5 nitrogen and oxygen atoms in total. The average molecular weight is 373 g/mol. The smallest absolute Gasteiger partial charge is 0.319 e. The van der Waals surface area contributed by atoms with E-state index >= 15 is 0 Å². The molecule has 138 valence electrons. The summed E-state index contributed by atoms with van der Waals surface area (Å²) in [6.45, 7) is 1.28. The fourth-order valence-corrected chi connectivity index (χ4v) is 2.96. The second-order valence-electron chi connectivity index (χ2n) is 6.34. The Kier molecular flexibility index (Phi) is 4.39. The normalized spacial score (nSPS) is 19.7. The van der Waals surface area contributed by atoms with Crippen LogP contribution in [0.1, 0.15) is 29.2 Å². The molecule has 27 heavy (non-hydrogen) atoms. The van der Waals surface area contributed by atoms with Crippen LogP contribution in [0.15, 0.2) is 48.5 Å². The van der Waals surface area contributed by atoms with Crippen LogP contribution in [0, 0.1) is 11.3 Å². The summed E-state index contributed by atoms with van der Waals surface area (Å²) >= 11 is 0. The highest BCUT2D eigenvalue weighted by atomic mass is 19.4. The largest absolute Gasteiger partial charge is 0.416 e. The van der Waals surface area contributed by atoms with Crippen molar-refractivity contribution in [1.82, 2.24) is 10.2 Å². The van der Waals surface area contributed by atoms with Gasteiger partial charge in [-0.15, -0.1) is 0 Å². The molecule has 1 saturated heterocycles. The minimum Gasteiger partial charge on any atom is -0.319 e. The molecule has 0 saturated carbocycles. The fourth-order valence-electron chi connectivity index (χ4n) is 2.96. The molecule has 2 aromatic carbocycles. The number of benzene rings is 2. The zero-order valence-corrected chi connectivity index (χ0v) is 14.2. The lowest BCUT2D eigenvalue weighted by Gasteiger charge is -2.23. The van der Waals surface area contributed by atoms with Crippen LogP contribution in [0.3, 0.4) is 0 Å². The number of halogens is 3. The van der Waals surface area contributed by atoms with Gasteiger partial charge in [0.1, 0.15) is 5.54 Å². The average Bonchev–Trinajstić information content (AvgIpc) is 2.85. The maximum atomic E-state index is 13.0. The van der Waals surface area contributed by atoms with Crippen LogP contribution in [0.4, 0.5) is 18.0 Å². The van der Waals surface area contributed by atoms with E-state index in [0.717, 1.165) is 17.0 Å². The Morgan fingerprint density at radius 3 is 2.52 bits per heavy atom. The Hall–Kier alpha value is -3.34. The van der Waals surface area contributed by atoms with E-state index in [4.69, 9.17) is 5.26 Å². The van der Waals surface area contributed by atoms with Crippen LogP contribution >= 0.6 is 0 Å². The van der Waals surface area contributed by atoms with Crippen LogP contribution in [0.5, 0.6) is 0 Å². The molecule has 0 bridgehead atoms. The van der Waals surface area contributed by atoms with Gasteiger partial charge in [0.25, 0.3) is 5.91 Å². The van der Waals surface area contributed by atoms with E-state index in [9.17, 15) is 22.8 Å². The highest BCUT2D eigenvalue weighted by Gasteiger charge is 2.49. The van der Waals surface area contributed by atoms with Gasteiger partial charge < -0.3 is 5.32 Å². The number of nitriles is 1. The lowest BCUT2D eigenvalue weighted by Crippen LogP contribution is -2.41. The number of hydrogen-bond donors (Lipinski definition) is 1. The summed E-state index contributed by atoms with van der Waals surface area (Å²) < 4.78 is 38.9. The quantitative estimate of drug-likeness (QED) is 0.837. The molecule has 8 heteroatoms. The lowest BCUT2D eigenvalue weighted by molar-refractivity contribution is -0.138. The SMILES string of the molecule is C[C@@]1(c2cccc(C(F)(F)F)c2)NC(=O)N(Cc2cccc(C#N)c2)C1=O. The standard InChI is InChI=1S/C19H14F3N3O2/c1-18(14-6-3-7-15(9-14)19(20,21)22)16(26)25(17(27)24-18)11-13-5-2-4-12(8-13)10-23/h2-9H,11H2,1H3,(H,24,27)/t18-/m0/s1. The molecule has 1 heterocycles. The predicted molar refractivity (Wildman–Crippen MR) is 89.0 cm³/mol. The maximum absolute atomic E-state index is 13.0. The first-order valence-electron chi connectivity index (χ1n) is 7.96. The van der Waals surface area contributed by atoms with Crippen LogP contribution in [-0.2, 0) is 23.1 Å². The summed E-state index contributed by atoms with van der Waals surface area (Å²) in [5, 5.41) is 11.4. The highest BCUT2D eigenvalue weighted by Crippen LogP contribution is 2.35. The molecule has 2 aromatic rings. The van der Waals surface area contributed by atoms with Gasteiger partial charge in [-0.2, -0.15) is 18.4 Å². The summed E-state index contributed by atoms with van der Waals surface area (Å²) in [4.78, 5) is 26.1. The second-order valence-corrected chi connectivity index (χ2v) is 6.34. The van der Waals surface area contributed by atoms with Crippen molar-refractivity contribution in [3.8, 4) is 6.07 Å². The number of nitrogens with zero attached hydrogens (tertiary/aromatic N) is 2. The van der Waals surface area contributed by atoms with Crippen LogP contribution < -0.4 is 5.32 Å². The number of rotatable bonds is 3. The van der Waals surface area contributed by atoms with Crippen molar-refractivity contribution in [2.24, 2.45) is 0 Å². The van der Waals surface area contributed by atoms with E-state index < -0.39 is 29.2 Å². The van der Waals surface area contributed by atoms with E-state index in [0.29, 0.717) is 11.1 Å². The van der Waals surface area contributed by atoms with Gasteiger partial charge in [0.15, 0.2) is 0 Å². The fraction of sp³-hybridized carbons (Fsp3) is 0.211. The van der Waals surface area contributed by atoms with Crippen LogP contribution in [-0.4, -0.2) is 16.8 Å². The van der Waals surface area contributed by atoms with E-state index in [1.54, 1.807) is 24.3 Å². The number of carbonyl (C=O) groups excluding carboxylic acids is 2. The van der Waals surface area contributed by atoms with E-state index in [1.165, 1.54) is 19.1 Å². The molecule has 0 spiro atoms. The third kappa shape index (κ3) is 3.36. The zero-order chi connectivity index (χ0) is 19.8. The lowest BCUT2D eigenvalue weighted by atomic mass is 9.90. The molecule has 3 rings (SSSR count). The molecule has 1 aliphatic heterocycles. The van der Waals surface area contributed by atoms with Gasteiger partial charge in [0.05, 0.1) is 23.7 Å². The Balaban J connectivity index is 1.92. The summed E-state index contributed by atoms with van der Waals surface area (Å²) in [7, 11) is 0. The number of nitrogens with one attached hydrogen (secondary N) is 1. The van der Waals surface area contributed by atoms with Gasteiger partial charge >= 0.3 is 12.2 Å². The Bertz CT molecular complexity index is 965. The molecule has 0 unspecified atom stereocenters. The number of amides is 3. The third-order valence-electron chi connectivity index (χ3n) is 4.44. The second kappa shape index (κ2) is 6.43. The van der Waals surface area contributed by atoms with Gasteiger partial charge in [0, 0.05) is 0 Å². The van der Waals surface area contributed by atoms with Gasteiger partial charge in [0.2, 0.25) is 0 Å². The third-order valence-corrected chi connectivity index (χ3v) is 4.44. The predicted octanol–water partition coefficient (Wildman–Crippen LogP) is 3.54. The molecule has 0 radical (unpaired) electrons. The van der Waals surface area contributed by atoms with Crippen molar-refractivity contribution in [2.75, 3.05) is 0 Å². The van der Waals surface area contributed by atoms with Gasteiger partial charge in [-0.25, -0.2) is 4.79 Å². The van der Waals surface area contributed by atoms with Crippen molar-refractivity contribution < 1.29 is 22.8 Å². The van der Waals surface area contributed by atoms with Gasteiger partial charge in [-0.05, 0) is 42.3 Å². The number of imide groups is 1. The van der Waals surface area contributed by atoms with Crippen molar-refractivity contribution in [3.05, 3.63) is 70.8 Å². The molecule has 0 aliphatic carbocycles. The number of carbonyl (C=O) groups is 2. The molecule has 3 amide bonds. The molecule has 1 atom stereocenters. The van der Waals surface area contributed by atoms with Crippen LogP contribution in [0.2, 0.25) is 0 Å². The summed E-state index contributed by atoms with van der Waals surface area (Å²) in [6, 6.07) is 12.0. The van der Waals surface area contributed by atoms with E-state index in [2.05, 4.69) is 5.32 Å². The van der Waals surface area contributed by atoms with E-state index in [1.807, 2.05) is 6.07 Å². The van der Waals surface area contributed by atoms with Crippen molar-refractivity contribution >= 4 is 11.9 Å². The molecule has 1 fully saturated rings. The zero-order valence-electron chi connectivity index (χ0n) is 14.2. The monoisotopic (exact) mass is 373 g/mol. The first-order valence-corrected chi connectivity index (χ1v) is 7.96. The summed E-state index contributed by atoms with van der Waals surface area (Å²) in [6.07, 6.45) is -4.56. The number of alkyl halides is 3. The van der Waals surface area contributed by atoms with Crippen LogP contribution in [0.25, 0.3) is 0 Å². The maximum Gasteiger partial charge on any atom is 0.416 e. The van der Waals surface area contributed by atoms with E-state index in [-0.39, 0.29) is 12.1 Å². The van der Waals surface area contributed by atoms with Gasteiger partial charge in [-0.3, -0.25) is 9.69 Å². The Morgan fingerprint density at radius 1 is 1.15 bits per heavy atom. The van der Waals surface area contributed by atoms with Crippen molar-refractivity contribution in [2.45, 2.75) is 25.2 Å². The molecular formula is C19H14F3N3O2. The number of hydrogen-bond acceptors (Lipinski definition) is 3. The summed E-state index contributed by atoms with van der Waals surface area (Å²) in [5.74, 6) is -0.658. The van der Waals surface area contributed by atoms with Gasteiger partial charge in [-0.1, -0.05) is 24.3 Å². The minimum atomic E-state index is -4.56. The highest BCUT2D eigenvalue weighted by molar-refractivity contribution is 6.07. The first kappa shape index (κ1) is 18.5. The Labute approximate surface area is 153 Å².